The number of hydrogen-bond donors (Lipinski definition) is 0. The Morgan fingerprint density at radius 1 is 1.10 bits per heavy atom. The first-order valence-corrected chi connectivity index (χ1v) is 6.63. The zero-order valence-electron chi connectivity index (χ0n) is 10.8. The summed E-state index contributed by atoms with van der Waals surface area (Å²) in [5, 5.41) is 4.05. The molecule has 1 heterocycles. The van der Waals surface area contributed by atoms with E-state index < -0.39 is 11.6 Å². The van der Waals surface area contributed by atoms with Gasteiger partial charge in [-0.3, -0.25) is 4.79 Å². The number of para-hydroxylation sites is 1. The minimum Gasteiger partial charge on any atom is -0.288 e. The Balaban J connectivity index is 1.97. The average molecular weight is 301 g/mol. The number of hydrogen-bond acceptors (Lipinski definition) is 2. The van der Waals surface area contributed by atoms with Crippen LogP contribution in [-0.2, 0) is 0 Å². The van der Waals surface area contributed by atoms with Crippen LogP contribution in [0.15, 0.2) is 60.9 Å². The summed E-state index contributed by atoms with van der Waals surface area (Å²) < 4.78 is 15.5. The summed E-state index contributed by atoms with van der Waals surface area (Å²) >= 11 is 5.70. The maximum Gasteiger partial charge on any atom is 0.199 e. The molecule has 0 aliphatic carbocycles. The van der Waals surface area contributed by atoms with Crippen molar-refractivity contribution in [2.75, 3.05) is 0 Å². The zero-order valence-corrected chi connectivity index (χ0v) is 11.6. The largest absolute Gasteiger partial charge is 0.288 e. The van der Waals surface area contributed by atoms with Gasteiger partial charge in [0.15, 0.2) is 11.6 Å². The first kappa shape index (κ1) is 13.5. The van der Waals surface area contributed by atoms with Crippen LogP contribution >= 0.6 is 11.6 Å². The van der Waals surface area contributed by atoms with E-state index in [1.54, 1.807) is 16.9 Å². The van der Waals surface area contributed by atoms with Crippen molar-refractivity contribution in [1.82, 2.24) is 9.78 Å². The molecule has 0 spiro atoms. The molecular formula is C16H10ClFN2O. The topological polar surface area (TPSA) is 34.9 Å². The van der Waals surface area contributed by atoms with Crippen molar-refractivity contribution in [3.05, 3.63) is 82.9 Å². The molecule has 1 aromatic heterocycles. The molecule has 3 aromatic rings. The summed E-state index contributed by atoms with van der Waals surface area (Å²) in [5.41, 5.74) is 1.07. The lowest BCUT2D eigenvalue weighted by molar-refractivity contribution is 0.103. The average Bonchev–Trinajstić information content (AvgIpc) is 3.00. The molecule has 0 aliphatic rings. The van der Waals surface area contributed by atoms with E-state index in [1.807, 2.05) is 30.3 Å². The molecule has 0 saturated carbocycles. The molecule has 0 aliphatic heterocycles. The predicted octanol–water partition coefficient (Wildman–Crippen LogP) is 3.90. The fraction of sp³-hybridized carbons (Fsp3) is 0. The number of nitrogens with zero attached hydrogens (tertiary/aromatic N) is 2. The van der Waals surface area contributed by atoms with Crippen molar-refractivity contribution < 1.29 is 9.18 Å². The molecule has 0 saturated heterocycles. The maximum atomic E-state index is 13.9. The van der Waals surface area contributed by atoms with E-state index in [9.17, 15) is 9.18 Å². The molecule has 0 N–H and O–H groups in total. The van der Waals surface area contributed by atoms with Crippen LogP contribution in [0.4, 0.5) is 4.39 Å². The molecule has 0 atom stereocenters. The Bertz CT molecular complexity index is 799. The molecule has 3 nitrogen and oxygen atoms in total. The predicted molar refractivity (Wildman–Crippen MR) is 78.4 cm³/mol. The highest BCUT2D eigenvalue weighted by Gasteiger charge is 2.17. The van der Waals surface area contributed by atoms with Crippen LogP contribution < -0.4 is 0 Å². The van der Waals surface area contributed by atoms with Gasteiger partial charge in [-0.2, -0.15) is 5.10 Å². The maximum absolute atomic E-state index is 13.9. The fourth-order valence-electron chi connectivity index (χ4n) is 2.00. The second-order valence-electron chi connectivity index (χ2n) is 4.44. The molecule has 3 rings (SSSR count). The van der Waals surface area contributed by atoms with Gasteiger partial charge in [0.1, 0.15) is 0 Å². The van der Waals surface area contributed by atoms with Gasteiger partial charge in [-0.25, -0.2) is 9.07 Å². The quantitative estimate of drug-likeness (QED) is 0.688. The van der Waals surface area contributed by atoms with Gasteiger partial charge in [0.2, 0.25) is 0 Å². The summed E-state index contributed by atoms with van der Waals surface area (Å²) in [7, 11) is 0. The molecule has 0 fully saturated rings. The van der Waals surface area contributed by atoms with Gasteiger partial charge >= 0.3 is 0 Å². The molecule has 0 radical (unpaired) electrons. The van der Waals surface area contributed by atoms with Crippen LogP contribution in [-0.4, -0.2) is 15.6 Å². The lowest BCUT2D eigenvalue weighted by atomic mass is 10.1. The highest BCUT2D eigenvalue weighted by molar-refractivity contribution is 6.31. The summed E-state index contributed by atoms with van der Waals surface area (Å²) in [4.78, 5) is 12.3. The summed E-state index contributed by atoms with van der Waals surface area (Å²) in [6, 6.07) is 13.7. The van der Waals surface area contributed by atoms with Gasteiger partial charge in [0.05, 0.1) is 28.0 Å². The third-order valence-corrected chi connectivity index (χ3v) is 3.35. The van der Waals surface area contributed by atoms with Crippen LogP contribution in [0.3, 0.4) is 0 Å². The molecule has 21 heavy (non-hydrogen) atoms. The highest BCUT2D eigenvalue weighted by atomic mass is 35.5. The van der Waals surface area contributed by atoms with Crippen LogP contribution in [0.25, 0.3) is 5.69 Å². The summed E-state index contributed by atoms with van der Waals surface area (Å²) in [6.45, 7) is 0. The molecule has 5 heteroatoms. The summed E-state index contributed by atoms with van der Waals surface area (Å²) in [6.07, 6.45) is 2.98. The number of rotatable bonds is 3. The van der Waals surface area contributed by atoms with Gasteiger partial charge in [-0.15, -0.1) is 0 Å². The van der Waals surface area contributed by atoms with Crippen LogP contribution in [0.5, 0.6) is 0 Å². The van der Waals surface area contributed by atoms with Crippen LogP contribution in [0.2, 0.25) is 5.02 Å². The van der Waals surface area contributed by atoms with Crippen molar-refractivity contribution in [3.63, 3.8) is 0 Å². The third-order valence-electron chi connectivity index (χ3n) is 3.06. The number of aromatic nitrogens is 2. The van der Waals surface area contributed by atoms with Crippen LogP contribution in [0.1, 0.15) is 15.9 Å². The molecule has 0 bridgehead atoms. The van der Waals surface area contributed by atoms with Gasteiger partial charge in [-0.1, -0.05) is 35.9 Å². The Hall–Kier alpha value is -2.46. The minimum absolute atomic E-state index is 0.0601. The molecule has 2 aromatic carbocycles. The smallest absolute Gasteiger partial charge is 0.199 e. The van der Waals surface area contributed by atoms with Gasteiger partial charge in [0.25, 0.3) is 0 Å². The van der Waals surface area contributed by atoms with E-state index >= 15 is 0 Å². The number of ketones is 1. The zero-order chi connectivity index (χ0) is 14.8. The number of carbonyl (C=O) groups excluding carboxylic acids is 1. The Morgan fingerprint density at radius 3 is 2.62 bits per heavy atom. The SMILES string of the molecule is O=C(c1cnn(-c2ccccc2)c1)c1cccc(Cl)c1F. The van der Waals surface area contributed by atoms with E-state index in [1.165, 1.54) is 18.3 Å². The van der Waals surface area contributed by atoms with Gasteiger partial charge < -0.3 is 0 Å². The van der Waals surface area contributed by atoms with Gasteiger partial charge in [0, 0.05) is 6.20 Å². The fourth-order valence-corrected chi connectivity index (χ4v) is 2.17. The number of halogens is 2. The number of benzene rings is 2. The Kier molecular flexibility index (Phi) is 3.54. The Labute approximate surface area is 125 Å². The van der Waals surface area contributed by atoms with Crippen molar-refractivity contribution >= 4 is 17.4 Å². The first-order chi connectivity index (χ1) is 10.2. The van der Waals surface area contributed by atoms with Crippen molar-refractivity contribution in [1.29, 1.82) is 0 Å². The molecular weight excluding hydrogens is 291 g/mol. The lowest BCUT2D eigenvalue weighted by Crippen LogP contribution is -2.03. The van der Waals surface area contributed by atoms with Crippen molar-refractivity contribution in [2.24, 2.45) is 0 Å². The molecule has 0 unspecified atom stereocenters. The van der Waals surface area contributed by atoms with Crippen molar-refractivity contribution in [2.45, 2.75) is 0 Å². The number of carbonyl (C=O) groups is 1. The van der Waals surface area contributed by atoms with Crippen LogP contribution in [0, 0.1) is 5.82 Å². The molecule has 104 valence electrons. The van der Waals surface area contributed by atoms with E-state index in [-0.39, 0.29) is 10.6 Å². The standard InChI is InChI=1S/C16H10ClFN2O/c17-14-8-4-7-13(15(14)18)16(21)11-9-19-20(10-11)12-5-2-1-3-6-12/h1-10H. The minimum atomic E-state index is -0.711. The monoisotopic (exact) mass is 300 g/mol. The van der Waals surface area contributed by atoms with E-state index in [0.717, 1.165) is 5.69 Å². The first-order valence-electron chi connectivity index (χ1n) is 6.25. The van der Waals surface area contributed by atoms with E-state index in [0.29, 0.717) is 5.56 Å². The lowest BCUT2D eigenvalue weighted by Gasteiger charge is -2.02. The van der Waals surface area contributed by atoms with Gasteiger partial charge in [-0.05, 0) is 24.3 Å². The second-order valence-corrected chi connectivity index (χ2v) is 4.85. The van der Waals surface area contributed by atoms with E-state index in [2.05, 4.69) is 5.10 Å². The van der Waals surface area contributed by atoms with E-state index in [4.69, 9.17) is 11.6 Å². The highest BCUT2D eigenvalue weighted by Crippen LogP contribution is 2.21. The second kappa shape index (κ2) is 5.50. The van der Waals surface area contributed by atoms with Crippen molar-refractivity contribution in [3.8, 4) is 5.69 Å². The third kappa shape index (κ3) is 2.58. The summed E-state index contributed by atoms with van der Waals surface area (Å²) in [5.74, 6) is -1.16. The molecule has 0 amide bonds. The Morgan fingerprint density at radius 2 is 1.86 bits per heavy atom. The normalized spacial score (nSPS) is 10.6.